The van der Waals surface area contributed by atoms with Crippen molar-refractivity contribution in [2.75, 3.05) is 0 Å². The topological polar surface area (TPSA) is 56.7 Å². The van der Waals surface area contributed by atoms with E-state index in [1.54, 1.807) is 11.3 Å². The van der Waals surface area contributed by atoms with Crippen molar-refractivity contribution >= 4 is 75.3 Å². The van der Waals surface area contributed by atoms with E-state index in [4.69, 9.17) is 19.4 Å². The average molecular weight is 747 g/mol. The highest BCUT2D eigenvalue weighted by Crippen LogP contribution is 2.41. The number of para-hydroxylation sites is 2. The molecule has 0 N–H and O–H groups in total. The highest BCUT2D eigenvalue weighted by molar-refractivity contribution is 7.26. The molecule has 0 fully saturated rings. The van der Waals surface area contributed by atoms with E-state index < -0.39 is 0 Å². The first-order chi connectivity index (χ1) is 28.2. The Hall–Kier alpha value is -7.41. The van der Waals surface area contributed by atoms with Crippen LogP contribution in [0.3, 0.4) is 0 Å². The lowest BCUT2D eigenvalue weighted by atomic mass is 10.0. The number of aromatic nitrogens is 4. The van der Waals surface area contributed by atoms with Crippen LogP contribution in [0.2, 0.25) is 0 Å². The monoisotopic (exact) mass is 746 g/mol. The molecule has 0 aliphatic carbocycles. The summed E-state index contributed by atoms with van der Waals surface area (Å²) in [7, 11) is 0. The third kappa shape index (κ3) is 5.12. The molecular weight excluding hydrogens is 717 g/mol. The third-order valence-electron chi connectivity index (χ3n) is 11.1. The summed E-state index contributed by atoms with van der Waals surface area (Å²) in [6.45, 7) is 0. The molecule has 4 aromatic heterocycles. The summed E-state index contributed by atoms with van der Waals surface area (Å²) in [4.78, 5) is 15.7. The first-order valence-electron chi connectivity index (χ1n) is 19.0. The standard InChI is InChI=1S/C51H30N4OS/c1-2-12-31(13-3-1)32-24-26-44-41(29-32)36-16-4-7-21-43(36)55(44)35-15-10-14-33(28-35)49-52-50(34-25-27-46-42(30-34)37-17-5-8-22-45(37)56-46)54-51(53-49)40-20-11-19-39-38-18-6-9-23-47(38)57-48(39)40/h1-30H. The van der Waals surface area contributed by atoms with Crippen molar-refractivity contribution in [3.63, 3.8) is 0 Å². The Balaban J connectivity index is 1.07. The Bertz CT molecular complexity index is 3540. The maximum absolute atomic E-state index is 6.19. The Kier molecular flexibility index (Phi) is 7.03. The minimum Gasteiger partial charge on any atom is -0.456 e. The summed E-state index contributed by atoms with van der Waals surface area (Å²) < 4.78 is 10.9. The van der Waals surface area contributed by atoms with Crippen LogP contribution in [0.5, 0.6) is 0 Å². The van der Waals surface area contributed by atoms with Crippen molar-refractivity contribution < 1.29 is 4.42 Å². The summed E-state index contributed by atoms with van der Waals surface area (Å²) in [6, 6.07) is 63.9. The van der Waals surface area contributed by atoms with Crippen LogP contribution in [-0.4, -0.2) is 19.5 Å². The molecule has 0 unspecified atom stereocenters. The van der Waals surface area contributed by atoms with Gasteiger partial charge in [-0.15, -0.1) is 11.3 Å². The Morgan fingerprint density at radius 2 is 1.02 bits per heavy atom. The van der Waals surface area contributed by atoms with Gasteiger partial charge in [0.15, 0.2) is 17.5 Å². The molecule has 4 heterocycles. The van der Waals surface area contributed by atoms with E-state index in [1.165, 1.54) is 37.4 Å². The number of thiophene rings is 1. The number of hydrogen-bond acceptors (Lipinski definition) is 5. The normalized spacial score (nSPS) is 11.9. The summed E-state index contributed by atoms with van der Waals surface area (Å²) in [6.07, 6.45) is 0. The van der Waals surface area contributed by atoms with Crippen LogP contribution < -0.4 is 0 Å². The molecular formula is C51H30N4OS. The molecule has 0 spiro atoms. The number of fused-ring (bicyclic) bond motifs is 9. The average Bonchev–Trinajstić information content (AvgIpc) is 3.96. The van der Waals surface area contributed by atoms with Gasteiger partial charge < -0.3 is 8.98 Å². The number of benzene rings is 8. The summed E-state index contributed by atoms with van der Waals surface area (Å²) in [5.41, 5.74) is 10.2. The molecule has 0 amide bonds. The summed E-state index contributed by atoms with van der Waals surface area (Å²) in [5.74, 6) is 1.86. The van der Waals surface area contributed by atoms with Crippen molar-refractivity contribution in [2.24, 2.45) is 0 Å². The fourth-order valence-electron chi connectivity index (χ4n) is 8.39. The second-order valence-electron chi connectivity index (χ2n) is 14.4. The van der Waals surface area contributed by atoms with Gasteiger partial charge >= 0.3 is 0 Å². The van der Waals surface area contributed by atoms with E-state index in [9.17, 15) is 0 Å². The fraction of sp³-hybridized carbons (Fsp3) is 0. The Morgan fingerprint density at radius 3 is 1.91 bits per heavy atom. The smallest absolute Gasteiger partial charge is 0.165 e. The minimum absolute atomic E-state index is 0.607. The van der Waals surface area contributed by atoms with Gasteiger partial charge in [0.05, 0.1) is 11.0 Å². The van der Waals surface area contributed by atoms with Gasteiger partial charge in [0, 0.05) is 64.1 Å². The predicted molar refractivity (Wildman–Crippen MR) is 236 cm³/mol. The van der Waals surface area contributed by atoms with Gasteiger partial charge in [-0.05, 0) is 77.9 Å². The zero-order valence-electron chi connectivity index (χ0n) is 30.4. The van der Waals surface area contributed by atoms with Crippen molar-refractivity contribution in [2.45, 2.75) is 0 Å². The van der Waals surface area contributed by atoms with Crippen LogP contribution in [0.4, 0.5) is 0 Å². The molecule has 0 saturated heterocycles. The molecule has 0 atom stereocenters. The van der Waals surface area contributed by atoms with E-state index in [1.807, 2.05) is 30.3 Å². The third-order valence-corrected chi connectivity index (χ3v) is 12.3. The van der Waals surface area contributed by atoms with Crippen LogP contribution in [0.25, 0.3) is 115 Å². The van der Waals surface area contributed by atoms with E-state index in [0.717, 1.165) is 60.0 Å². The number of furan rings is 1. The maximum Gasteiger partial charge on any atom is 0.165 e. The van der Waals surface area contributed by atoms with Gasteiger partial charge in [-0.25, -0.2) is 15.0 Å². The highest BCUT2D eigenvalue weighted by atomic mass is 32.1. The van der Waals surface area contributed by atoms with Gasteiger partial charge in [0.25, 0.3) is 0 Å². The second-order valence-corrected chi connectivity index (χ2v) is 15.4. The molecule has 5 nitrogen and oxygen atoms in total. The Morgan fingerprint density at radius 1 is 0.386 bits per heavy atom. The SMILES string of the molecule is c1ccc(-c2ccc3c(c2)c2ccccc2n3-c2cccc(-c3nc(-c4ccc5oc6ccccc6c5c4)nc(-c4cccc5c4sc4ccccc45)n3)c2)cc1. The lowest BCUT2D eigenvalue weighted by molar-refractivity contribution is 0.669. The van der Waals surface area contributed by atoms with Crippen LogP contribution in [0.1, 0.15) is 0 Å². The van der Waals surface area contributed by atoms with Crippen molar-refractivity contribution in [3.05, 3.63) is 182 Å². The van der Waals surface area contributed by atoms with E-state index >= 15 is 0 Å². The van der Waals surface area contributed by atoms with E-state index in [-0.39, 0.29) is 0 Å². The predicted octanol–water partition coefficient (Wildman–Crippen LogP) is 13.9. The van der Waals surface area contributed by atoms with E-state index in [2.05, 4.69) is 156 Å². The molecule has 6 heteroatoms. The molecule has 266 valence electrons. The van der Waals surface area contributed by atoms with Gasteiger partial charge in [0.2, 0.25) is 0 Å². The van der Waals surface area contributed by atoms with Gasteiger partial charge in [-0.2, -0.15) is 0 Å². The molecule has 57 heavy (non-hydrogen) atoms. The van der Waals surface area contributed by atoms with Gasteiger partial charge in [0.1, 0.15) is 11.2 Å². The van der Waals surface area contributed by atoms with Crippen LogP contribution >= 0.6 is 11.3 Å². The lowest BCUT2D eigenvalue weighted by Gasteiger charge is -2.12. The molecule has 0 saturated carbocycles. The number of nitrogens with zero attached hydrogens (tertiary/aromatic N) is 4. The van der Waals surface area contributed by atoms with E-state index in [0.29, 0.717) is 17.5 Å². The van der Waals surface area contributed by atoms with Gasteiger partial charge in [-0.1, -0.05) is 115 Å². The largest absolute Gasteiger partial charge is 0.456 e. The zero-order chi connectivity index (χ0) is 37.5. The second kappa shape index (κ2) is 12.6. The Labute approximate surface area is 330 Å². The van der Waals surface area contributed by atoms with Crippen molar-refractivity contribution in [3.8, 4) is 51.0 Å². The molecule has 12 aromatic rings. The number of hydrogen-bond donors (Lipinski definition) is 0. The molecule has 0 radical (unpaired) electrons. The highest BCUT2D eigenvalue weighted by Gasteiger charge is 2.19. The van der Waals surface area contributed by atoms with Crippen molar-refractivity contribution in [1.29, 1.82) is 0 Å². The van der Waals surface area contributed by atoms with Gasteiger partial charge in [-0.3, -0.25) is 0 Å². The summed E-state index contributed by atoms with van der Waals surface area (Å²) >= 11 is 1.78. The van der Waals surface area contributed by atoms with Crippen molar-refractivity contribution in [1.82, 2.24) is 19.5 Å². The molecule has 12 rings (SSSR count). The molecule has 0 bridgehead atoms. The zero-order valence-corrected chi connectivity index (χ0v) is 31.2. The van der Waals surface area contributed by atoms with Crippen LogP contribution in [0, 0.1) is 0 Å². The first kappa shape index (κ1) is 31.9. The number of rotatable bonds is 5. The minimum atomic E-state index is 0.607. The molecule has 0 aliphatic rings. The van der Waals surface area contributed by atoms with Crippen LogP contribution in [-0.2, 0) is 0 Å². The molecule has 8 aromatic carbocycles. The first-order valence-corrected chi connectivity index (χ1v) is 19.8. The molecule has 0 aliphatic heterocycles. The fourth-order valence-corrected chi connectivity index (χ4v) is 9.60. The van der Waals surface area contributed by atoms with Crippen LogP contribution in [0.15, 0.2) is 186 Å². The quantitative estimate of drug-likeness (QED) is 0.176. The lowest BCUT2D eigenvalue weighted by Crippen LogP contribution is -2.01. The summed E-state index contributed by atoms with van der Waals surface area (Å²) in [5, 5.41) is 6.95. The maximum atomic E-state index is 6.19.